The monoisotopic (exact) mass is 253 g/mol. The third kappa shape index (κ3) is 2.33. The number of amides is 1. The second-order valence-corrected chi connectivity index (χ2v) is 4.49. The van der Waals surface area contributed by atoms with E-state index in [4.69, 9.17) is 11.6 Å². The van der Waals surface area contributed by atoms with Crippen molar-refractivity contribution in [1.29, 1.82) is 0 Å². The lowest BCUT2D eigenvalue weighted by molar-refractivity contribution is -0.117. The van der Waals surface area contributed by atoms with Crippen molar-refractivity contribution in [1.82, 2.24) is 0 Å². The summed E-state index contributed by atoms with van der Waals surface area (Å²) < 4.78 is 0. The molecule has 1 aliphatic heterocycles. The van der Waals surface area contributed by atoms with E-state index in [-0.39, 0.29) is 24.7 Å². The molecule has 1 heterocycles. The van der Waals surface area contributed by atoms with Gasteiger partial charge in [-0.05, 0) is 25.1 Å². The van der Waals surface area contributed by atoms with Crippen molar-refractivity contribution in [2.75, 3.05) is 11.4 Å². The molecule has 0 bridgehead atoms. The minimum absolute atomic E-state index is 0.0879. The topological polar surface area (TPSA) is 57.6 Å². The molecule has 0 aromatic heterocycles. The van der Waals surface area contributed by atoms with E-state index in [0.717, 1.165) is 0 Å². The number of benzene rings is 1. The molecular formula is C12H12ClNO3. The van der Waals surface area contributed by atoms with Crippen molar-refractivity contribution < 1.29 is 14.7 Å². The van der Waals surface area contributed by atoms with Crippen LogP contribution in [0.1, 0.15) is 23.7 Å². The highest BCUT2D eigenvalue weighted by Gasteiger charge is 2.30. The van der Waals surface area contributed by atoms with Crippen LogP contribution in [0.3, 0.4) is 0 Å². The molecule has 0 spiro atoms. The number of rotatable bonds is 2. The van der Waals surface area contributed by atoms with Crippen molar-refractivity contribution >= 4 is 29.0 Å². The molecule has 1 fully saturated rings. The number of carbonyl (C=O) groups excluding carboxylic acids is 2. The average molecular weight is 254 g/mol. The molecule has 0 saturated carbocycles. The lowest BCUT2D eigenvalue weighted by Gasteiger charge is -2.18. The second kappa shape index (κ2) is 4.47. The van der Waals surface area contributed by atoms with Crippen LogP contribution in [0, 0.1) is 0 Å². The van der Waals surface area contributed by atoms with E-state index in [1.807, 2.05) is 0 Å². The summed E-state index contributed by atoms with van der Waals surface area (Å²) in [6.45, 7) is 1.67. The quantitative estimate of drug-likeness (QED) is 0.816. The van der Waals surface area contributed by atoms with Gasteiger partial charge in [0.15, 0.2) is 5.78 Å². The average Bonchev–Trinajstić information content (AvgIpc) is 2.58. The van der Waals surface area contributed by atoms with E-state index >= 15 is 0 Å². The summed E-state index contributed by atoms with van der Waals surface area (Å²) in [6.07, 6.45) is -0.569. The summed E-state index contributed by atoms with van der Waals surface area (Å²) in [5.41, 5.74) is 0.986. The largest absolute Gasteiger partial charge is 0.391 e. The molecule has 0 aliphatic carbocycles. The van der Waals surface area contributed by atoms with Crippen molar-refractivity contribution in [3.8, 4) is 0 Å². The third-order valence-corrected chi connectivity index (χ3v) is 3.07. The molecule has 1 aromatic carbocycles. The molecule has 1 aromatic rings. The van der Waals surface area contributed by atoms with Crippen LogP contribution >= 0.6 is 11.6 Å². The van der Waals surface area contributed by atoms with E-state index in [0.29, 0.717) is 16.3 Å². The number of aliphatic hydroxyl groups is 1. The first kappa shape index (κ1) is 12.1. The standard InChI is InChI=1S/C12H12ClNO3/c1-7(15)8-2-3-10(13)11(4-8)14-6-9(16)5-12(14)17/h2-4,9,16H,5-6H2,1H3. The van der Waals surface area contributed by atoms with E-state index in [2.05, 4.69) is 0 Å². The van der Waals surface area contributed by atoms with Crippen LogP contribution in [0.5, 0.6) is 0 Å². The molecule has 1 atom stereocenters. The maximum absolute atomic E-state index is 11.6. The van der Waals surface area contributed by atoms with Gasteiger partial charge < -0.3 is 10.0 Å². The summed E-state index contributed by atoms with van der Waals surface area (Å²) in [7, 11) is 0. The van der Waals surface area contributed by atoms with Gasteiger partial charge in [-0.2, -0.15) is 0 Å². The van der Waals surface area contributed by atoms with Gasteiger partial charge in [0.05, 0.1) is 29.8 Å². The number of anilines is 1. The Morgan fingerprint density at radius 2 is 2.24 bits per heavy atom. The number of hydrogen-bond acceptors (Lipinski definition) is 3. The fraction of sp³-hybridized carbons (Fsp3) is 0.333. The van der Waals surface area contributed by atoms with Gasteiger partial charge in [0.2, 0.25) is 5.91 Å². The minimum Gasteiger partial charge on any atom is -0.391 e. The SMILES string of the molecule is CC(=O)c1ccc(Cl)c(N2CC(O)CC2=O)c1. The summed E-state index contributed by atoms with van der Waals surface area (Å²) in [5, 5.41) is 9.83. The zero-order chi connectivity index (χ0) is 12.6. The van der Waals surface area contributed by atoms with Crippen LogP contribution < -0.4 is 4.90 Å². The third-order valence-electron chi connectivity index (χ3n) is 2.75. The maximum Gasteiger partial charge on any atom is 0.229 e. The molecule has 4 nitrogen and oxygen atoms in total. The Morgan fingerprint density at radius 3 is 2.76 bits per heavy atom. The first-order valence-corrected chi connectivity index (χ1v) is 5.65. The Bertz CT molecular complexity index is 487. The van der Waals surface area contributed by atoms with Crippen LogP contribution in [0.2, 0.25) is 5.02 Å². The molecule has 1 unspecified atom stereocenters. The Labute approximate surface area is 104 Å². The number of Topliss-reactive ketones (excluding diaryl/α,β-unsaturated/α-hetero) is 1. The van der Waals surface area contributed by atoms with Crippen LogP contribution in [0.15, 0.2) is 18.2 Å². The molecule has 1 N–H and O–H groups in total. The van der Waals surface area contributed by atoms with E-state index in [1.54, 1.807) is 18.2 Å². The molecule has 1 aliphatic rings. The molecule has 0 radical (unpaired) electrons. The Kier molecular flexibility index (Phi) is 3.17. The summed E-state index contributed by atoms with van der Waals surface area (Å²) in [5.74, 6) is -0.268. The number of nitrogens with zero attached hydrogens (tertiary/aromatic N) is 1. The van der Waals surface area contributed by atoms with Crippen LogP contribution in [0.25, 0.3) is 0 Å². The number of halogens is 1. The second-order valence-electron chi connectivity index (χ2n) is 4.08. The minimum atomic E-state index is -0.667. The predicted molar refractivity (Wildman–Crippen MR) is 64.4 cm³/mol. The smallest absolute Gasteiger partial charge is 0.229 e. The van der Waals surface area contributed by atoms with Gasteiger partial charge in [0.1, 0.15) is 0 Å². The highest BCUT2D eigenvalue weighted by Crippen LogP contribution is 2.30. The number of aliphatic hydroxyl groups excluding tert-OH is 1. The number of ketones is 1. The summed E-state index contributed by atoms with van der Waals surface area (Å²) in [6, 6.07) is 4.79. The molecule has 17 heavy (non-hydrogen) atoms. The van der Waals surface area contributed by atoms with Gasteiger partial charge in [-0.25, -0.2) is 0 Å². The Hall–Kier alpha value is -1.39. The van der Waals surface area contributed by atoms with Gasteiger partial charge >= 0.3 is 0 Å². The molecule has 90 valence electrons. The van der Waals surface area contributed by atoms with Gasteiger partial charge in [-0.15, -0.1) is 0 Å². The lowest BCUT2D eigenvalue weighted by Crippen LogP contribution is -2.25. The van der Waals surface area contributed by atoms with Crippen molar-refractivity contribution in [2.45, 2.75) is 19.4 Å². The molecule has 1 amide bonds. The number of carbonyl (C=O) groups is 2. The fourth-order valence-corrected chi connectivity index (χ4v) is 2.08. The van der Waals surface area contributed by atoms with Crippen molar-refractivity contribution in [2.24, 2.45) is 0 Å². The zero-order valence-corrected chi connectivity index (χ0v) is 10.1. The fourth-order valence-electron chi connectivity index (χ4n) is 1.86. The molecule has 2 rings (SSSR count). The zero-order valence-electron chi connectivity index (χ0n) is 9.31. The van der Waals surface area contributed by atoms with E-state index < -0.39 is 6.10 Å². The first-order chi connectivity index (χ1) is 7.99. The Morgan fingerprint density at radius 1 is 1.53 bits per heavy atom. The van der Waals surface area contributed by atoms with Gasteiger partial charge in [-0.3, -0.25) is 9.59 Å². The number of β-amino-alcohol motifs (C(OH)–C–C–N with tert-alkyl or cyclic N) is 1. The van der Waals surface area contributed by atoms with Gasteiger partial charge in [-0.1, -0.05) is 11.6 Å². The highest BCUT2D eigenvalue weighted by molar-refractivity contribution is 6.34. The molecule has 1 saturated heterocycles. The normalized spacial score (nSPS) is 19.8. The van der Waals surface area contributed by atoms with E-state index in [1.165, 1.54) is 11.8 Å². The van der Waals surface area contributed by atoms with Crippen LogP contribution in [-0.4, -0.2) is 29.4 Å². The first-order valence-electron chi connectivity index (χ1n) is 5.28. The van der Waals surface area contributed by atoms with Gasteiger partial charge in [0.25, 0.3) is 0 Å². The molecular weight excluding hydrogens is 242 g/mol. The van der Waals surface area contributed by atoms with Crippen molar-refractivity contribution in [3.05, 3.63) is 28.8 Å². The predicted octanol–water partition coefficient (Wildman–Crippen LogP) is 1.64. The van der Waals surface area contributed by atoms with Crippen LogP contribution in [-0.2, 0) is 4.79 Å². The Balaban J connectivity index is 2.41. The van der Waals surface area contributed by atoms with Crippen molar-refractivity contribution in [3.63, 3.8) is 0 Å². The van der Waals surface area contributed by atoms with Gasteiger partial charge in [0, 0.05) is 5.56 Å². The lowest BCUT2D eigenvalue weighted by atomic mass is 10.1. The summed E-state index contributed by atoms with van der Waals surface area (Å²) >= 11 is 6.01. The summed E-state index contributed by atoms with van der Waals surface area (Å²) in [4.78, 5) is 24.3. The highest BCUT2D eigenvalue weighted by atomic mass is 35.5. The van der Waals surface area contributed by atoms with Crippen LogP contribution in [0.4, 0.5) is 5.69 Å². The number of hydrogen-bond donors (Lipinski definition) is 1. The maximum atomic E-state index is 11.6. The molecule has 5 heteroatoms. The van der Waals surface area contributed by atoms with E-state index in [9.17, 15) is 14.7 Å².